The summed E-state index contributed by atoms with van der Waals surface area (Å²) in [6.07, 6.45) is -0.355. The molecule has 1 aromatic carbocycles. The van der Waals surface area contributed by atoms with Gasteiger partial charge in [-0.25, -0.2) is 18.8 Å². The Kier molecular flexibility index (Phi) is 7.48. The highest BCUT2D eigenvalue weighted by molar-refractivity contribution is 5.82. The third-order valence-corrected chi connectivity index (χ3v) is 4.04. The van der Waals surface area contributed by atoms with Crippen LogP contribution in [0.4, 0.5) is 8.78 Å². The molecule has 0 aliphatic carbocycles. The zero-order valence-corrected chi connectivity index (χ0v) is 15.6. The third kappa shape index (κ3) is 6.43. The van der Waals surface area contributed by atoms with Crippen LogP contribution < -0.4 is 22.6 Å². The zero-order chi connectivity index (χ0) is 20.0. The first-order valence-electron chi connectivity index (χ1n) is 8.55. The molecule has 0 radical (unpaired) electrons. The number of likely N-dealkylation sites (N-methyl/N-ethyl adjacent to an activating group) is 1. The number of hydrazine groups is 1. The Bertz CT molecular complexity index is 682. The van der Waals surface area contributed by atoms with Gasteiger partial charge in [0.2, 0.25) is 0 Å². The maximum absolute atomic E-state index is 12.9. The summed E-state index contributed by atoms with van der Waals surface area (Å²) in [7, 11) is 1.69. The number of halogens is 2. The molecule has 3 rings (SSSR count). The van der Waals surface area contributed by atoms with Crippen LogP contribution in [0.2, 0.25) is 0 Å². The molecule has 7 N–H and O–H groups in total. The summed E-state index contributed by atoms with van der Waals surface area (Å²) in [5.41, 5.74) is 12.4. The highest BCUT2D eigenvalue weighted by atomic mass is 19.1. The van der Waals surface area contributed by atoms with Crippen molar-refractivity contribution in [2.45, 2.75) is 19.6 Å². The van der Waals surface area contributed by atoms with Crippen molar-refractivity contribution in [1.29, 1.82) is 0 Å². The molecule has 2 aliphatic heterocycles. The smallest absolute Gasteiger partial charge is 0.159 e. The van der Waals surface area contributed by atoms with Crippen molar-refractivity contribution in [3.8, 4) is 0 Å². The summed E-state index contributed by atoms with van der Waals surface area (Å²) in [6.45, 7) is 5.40. The van der Waals surface area contributed by atoms with Gasteiger partial charge < -0.3 is 21.5 Å². The molecule has 0 bridgehead atoms. The lowest BCUT2D eigenvalue weighted by atomic mass is 10.2. The number of nitrogens with two attached hydrogens (primary N) is 3. The maximum atomic E-state index is 12.9. The van der Waals surface area contributed by atoms with Gasteiger partial charge in [-0.3, -0.25) is 10.7 Å². The number of hydrogen-bond acceptors (Lipinski definition) is 8. The fourth-order valence-electron chi connectivity index (χ4n) is 2.72. The molecule has 1 unspecified atom stereocenters. The summed E-state index contributed by atoms with van der Waals surface area (Å²) >= 11 is 0. The molecule has 1 atom stereocenters. The first-order chi connectivity index (χ1) is 12.8. The van der Waals surface area contributed by atoms with E-state index in [1.807, 2.05) is 0 Å². The summed E-state index contributed by atoms with van der Waals surface area (Å²) in [4.78, 5) is 6.28. The number of hydrogen-bond donors (Lipinski definition) is 4. The van der Waals surface area contributed by atoms with Gasteiger partial charge in [0.05, 0.1) is 18.9 Å². The Hall–Kier alpha value is -2.27. The van der Waals surface area contributed by atoms with Crippen molar-refractivity contribution >= 4 is 5.84 Å². The van der Waals surface area contributed by atoms with E-state index in [1.54, 1.807) is 14.0 Å². The Balaban J connectivity index is 0.000000199. The van der Waals surface area contributed by atoms with Gasteiger partial charge in [-0.15, -0.1) is 0 Å². The molecule has 2 heterocycles. The van der Waals surface area contributed by atoms with Crippen molar-refractivity contribution in [2.75, 3.05) is 33.4 Å². The molecule has 1 aromatic rings. The highest BCUT2D eigenvalue weighted by Gasteiger charge is 2.20. The van der Waals surface area contributed by atoms with Crippen LogP contribution in [0.3, 0.4) is 0 Å². The van der Waals surface area contributed by atoms with Gasteiger partial charge >= 0.3 is 0 Å². The summed E-state index contributed by atoms with van der Waals surface area (Å²) < 4.78 is 31.0. The van der Waals surface area contributed by atoms with Crippen LogP contribution in [0.5, 0.6) is 0 Å². The lowest BCUT2D eigenvalue weighted by Crippen LogP contribution is -2.47. The van der Waals surface area contributed by atoms with Gasteiger partial charge in [0.25, 0.3) is 0 Å². The van der Waals surface area contributed by atoms with Crippen LogP contribution in [-0.2, 0) is 11.3 Å². The van der Waals surface area contributed by atoms with Crippen LogP contribution in [-0.4, -0.2) is 55.3 Å². The minimum atomic E-state index is -0.516. The van der Waals surface area contributed by atoms with E-state index in [2.05, 4.69) is 15.2 Å². The quantitative estimate of drug-likeness (QED) is 0.429. The van der Waals surface area contributed by atoms with E-state index < -0.39 is 11.6 Å². The Morgan fingerprint density at radius 3 is 2.37 bits per heavy atom. The second-order valence-corrected chi connectivity index (χ2v) is 6.41. The molecule has 10 heteroatoms. The van der Waals surface area contributed by atoms with Crippen LogP contribution in [0.1, 0.15) is 12.5 Å². The lowest BCUT2D eigenvalue weighted by molar-refractivity contribution is 0.0341. The highest BCUT2D eigenvalue weighted by Crippen LogP contribution is 2.11. The second-order valence-electron chi connectivity index (χ2n) is 6.41. The summed E-state index contributed by atoms with van der Waals surface area (Å²) in [6, 6.07) is 3.64. The molecule has 1 saturated heterocycles. The monoisotopic (exact) mass is 383 g/mol. The van der Waals surface area contributed by atoms with Crippen LogP contribution in [0, 0.1) is 11.6 Å². The van der Waals surface area contributed by atoms with Gasteiger partial charge in [0.1, 0.15) is 23.3 Å². The number of amidine groups is 1. The zero-order valence-electron chi connectivity index (χ0n) is 15.6. The van der Waals surface area contributed by atoms with E-state index in [-0.39, 0.29) is 6.17 Å². The number of aliphatic imine (C=N–C) groups is 1. The minimum absolute atomic E-state index is 0.355. The Morgan fingerprint density at radius 1 is 1.22 bits per heavy atom. The predicted molar refractivity (Wildman–Crippen MR) is 99.8 cm³/mol. The van der Waals surface area contributed by atoms with Gasteiger partial charge in [-0.1, -0.05) is 0 Å². The number of benzene rings is 1. The molecule has 27 heavy (non-hydrogen) atoms. The van der Waals surface area contributed by atoms with E-state index >= 15 is 0 Å². The first kappa shape index (κ1) is 21.0. The van der Waals surface area contributed by atoms with Gasteiger partial charge in [0, 0.05) is 32.7 Å². The SMILES string of the molecule is CC1=NC(N(C)N)C(N)=C(N)N1.Fc1cc(F)cc(CN2CCOCC2)c1. The van der Waals surface area contributed by atoms with Crippen molar-refractivity contribution in [3.63, 3.8) is 0 Å². The van der Waals surface area contributed by atoms with Crippen molar-refractivity contribution in [1.82, 2.24) is 15.2 Å². The summed E-state index contributed by atoms with van der Waals surface area (Å²) in [5.74, 6) is 5.61. The molecular weight excluding hydrogens is 356 g/mol. The van der Waals surface area contributed by atoms with Crippen LogP contribution >= 0.6 is 0 Å². The summed E-state index contributed by atoms with van der Waals surface area (Å²) in [5, 5.41) is 4.22. The van der Waals surface area contributed by atoms with Crippen molar-refractivity contribution < 1.29 is 13.5 Å². The number of nitrogens with zero attached hydrogens (tertiary/aromatic N) is 3. The van der Waals surface area contributed by atoms with E-state index in [0.717, 1.165) is 19.2 Å². The van der Waals surface area contributed by atoms with Crippen LogP contribution in [0.15, 0.2) is 34.7 Å². The van der Waals surface area contributed by atoms with E-state index in [0.29, 0.717) is 42.7 Å². The minimum Gasteiger partial charge on any atom is -0.396 e. The number of nitrogens with one attached hydrogen (secondary N) is 1. The number of rotatable bonds is 3. The van der Waals surface area contributed by atoms with Gasteiger partial charge in [0.15, 0.2) is 6.17 Å². The Morgan fingerprint density at radius 2 is 1.81 bits per heavy atom. The van der Waals surface area contributed by atoms with Gasteiger partial charge in [-0.05, 0) is 24.6 Å². The van der Waals surface area contributed by atoms with E-state index in [9.17, 15) is 8.78 Å². The fraction of sp³-hybridized carbons (Fsp3) is 0.471. The first-order valence-corrected chi connectivity index (χ1v) is 8.55. The molecule has 8 nitrogen and oxygen atoms in total. The molecule has 0 saturated carbocycles. The average Bonchev–Trinajstić information content (AvgIpc) is 2.58. The molecule has 0 spiro atoms. The second kappa shape index (κ2) is 9.60. The average molecular weight is 383 g/mol. The normalized spacial score (nSPS) is 20.7. The number of ether oxygens (including phenoxy) is 1. The Labute approximate surface area is 157 Å². The fourth-order valence-corrected chi connectivity index (χ4v) is 2.72. The molecule has 0 aromatic heterocycles. The molecule has 150 valence electrons. The molecule has 0 amide bonds. The van der Waals surface area contributed by atoms with E-state index in [1.165, 1.54) is 17.1 Å². The van der Waals surface area contributed by atoms with Crippen molar-refractivity contribution in [3.05, 3.63) is 46.9 Å². The number of morpholine rings is 1. The molecular formula is C17H27F2N7O. The molecule has 2 aliphatic rings. The van der Waals surface area contributed by atoms with Gasteiger partial charge in [-0.2, -0.15) is 0 Å². The predicted octanol–water partition coefficient (Wildman–Crippen LogP) is 0.0231. The largest absolute Gasteiger partial charge is 0.396 e. The standard InChI is InChI=1S/C11H13F2NO.C6H14N6/c12-10-5-9(6-11(13)7-10)8-14-1-3-15-4-2-14;1-3-10-5(8)4(7)6(11-3)12(2)9/h5-7H,1-4,8H2;6H,7-9H2,1-2H3,(H,10,11). The van der Waals surface area contributed by atoms with Crippen molar-refractivity contribution in [2.24, 2.45) is 22.3 Å². The topological polar surface area (TPSA) is 118 Å². The van der Waals surface area contributed by atoms with E-state index in [4.69, 9.17) is 22.0 Å². The lowest BCUT2D eigenvalue weighted by Gasteiger charge is -2.26. The molecule has 1 fully saturated rings. The maximum Gasteiger partial charge on any atom is 0.159 e. The third-order valence-electron chi connectivity index (χ3n) is 4.04. The van der Waals surface area contributed by atoms with Crippen LogP contribution in [0.25, 0.3) is 0 Å².